The van der Waals surface area contributed by atoms with Gasteiger partial charge in [0.1, 0.15) is 12.2 Å². The molecule has 4 heteroatoms. The molecule has 1 N–H and O–H groups in total. The summed E-state index contributed by atoms with van der Waals surface area (Å²) in [5.74, 6) is 0.952. The van der Waals surface area contributed by atoms with Crippen molar-refractivity contribution >= 4 is 0 Å². The molecule has 0 unspecified atom stereocenters. The standard InChI is InChI=1S/C12H16N4/c1-10-5-3-4-6-11(10)7-13-8-12-14-9-15-16(12)2/h3-6,9,13H,7-8H2,1-2H3. The Morgan fingerprint density at radius 2 is 2.06 bits per heavy atom. The van der Waals surface area contributed by atoms with Gasteiger partial charge in [-0.3, -0.25) is 4.68 Å². The van der Waals surface area contributed by atoms with Gasteiger partial charge in [-0.1, -0.05) is 24.3 Å². The minimum atomic E-state index is 0.741. The van der Waals surface area contributed by atoms with Gasteiger partial charge in [0.25, 0.3) is 0 Å². The molecule has 0 aliphatic heterocycles. The van der Waals surface area contributed by atoms with Gasteiger partial charge in [0, 0.05) is 13.6 Å². The van der Waals surface area contributed by atoms with Gasteiger partial charge in [-0.15, -0.1) is 0 Å². The Kier molecular flexibility index (Phi) is 3.31. The maximum absolute atomic E-state index is 4.16. The maximum Gasteiger partial charge on any atom is 0.140 e. The Labute approximate surface area is 95.3 Å². The van der Waals surface area contributed by atoms with Gasteiger partial charge in [-0.2, -0.15) is 5.10 Å². The van der Waals surface area contributed by atoms with Gasteiger partial charge < -0.3 is 5.32 Å². The molecule has 0 fully saturated rings. The summed E-state index contributed by atoms with van der Waals surface area (Å²) in [6.07, 6.45) is 1.57. The van der Waals surface area contributed by atoms with E-state index in [0.717, 1.165) is 18.9 Å². The minimum Gasteiger partial charge on any atom is -0.306 e. The highest BCUT2D eigenvalue weighted by Crippen LogP contribution is 2.06. The molecule has 1 aromatic carbocycles. The highest BCUT2D eigenvalue weighted by atomic mass is 15.3. The van der Waals surface area contributed by atoms with Crippen molar-refractivity contribution in [1.29, 1.82) is 0 Å². The average molecular weight is 216 g/mol. The van der Waals surface area contributed by atoms with Gasteiger partial charge >= 0.3 is 0 Å². The molecule has 2 rings (SSSR count). The predicted octanol–water partition coefficient (Wildman–Crippen LogP) is 1.41. The van der Waals surface area contributed by atoms with E-state index in [9.17, 15) is 0 Å². The lowest BCUT2D eigenvalue weighted by atomic mass is 10.1. The van der Waals surface area contributed by atoms with Crippen LogP contribution in [0, 0.1) is 6.92 Å². The Balaban J connectivity index is 1.89. The second kappa shape index (κ2) is 4.90. The normalized spacial score (nSPS) is 10.6. The molecule has 0 atom stereocenters. The van der Waals surface area contributed by atoms with E-state index in [0.29, 0.717) is 0 Å². The number of aromatic nitrogens is 3. The smallest absolute Gasteiger partial charge is 0.140 e. The van der Waals surface area contributed by atoms with Gasteiger partial charge in [0.2, 0.25) is 0 Å². The number of rotatable bonds is 4. The molecule has 0 saturated carbocycles. The van der Waals surface area contributed by atoms with Crippen LogP contribution in [0.25, 0.3) is 0 Å². The maximum atomic E-state index is 4.16. The topological polar surface area (TPSA) is 42.7 Å². The first kappa shape index (κ1) is 10.8. The summed E-state index contributed by atoms with van der Waals surface area (Å²) in [6, 6.07) is 8.38. The zero-order chi connectivity index (χ0) is 11.4. The van der Waals surface area contributed by atoms with E-state index in [1.54, 1.807) is 11.0 Å². The SMILES string of the molecule is Cc1ccccc1CNCc1ncnn1C. The average Bonchev–Trinajstić information content (AvgIpc) is 2.67. The van der Waals surface area contributed by atoms with Crippen molar-refractivity contribution in [3.8, 4) is 0 Å². The van der Waals surface area contributed by atoms with Crippen LogP contribution in [0.4, 0.5) is 0 Å². The summed E-state index contributed by atoms with van der Waals surface area (Å²) in [4.78, 5) is 4.16. The molecule has 0 spiro atoms. The van der Waals surface area contributed by atoms with Crippen LogP contribution in [0.15, 0.2) is 30.6 Å². The van der Waals surface area contributed by atoms with Crippen molar-refractivity contribution < 1.29 is 0 Å². The van der Waals surface area contributed by atoms with E-state index in [1.165, 1.54) is 11.1 Å². The second-order valence-corrected chi connectivity index (χ2v) is 3.83. The highest BCUT2D eigenvalue weighted by Gasteiger charge is 2.00. The van der Waals surface area contributed by atoms with E-state index in [2.05, 4.69) is 46.6 Å². The molecule has 1 heterocycles. The first-order valence-electron chi connectivity index (χ1n) is 5.35. The van der Waals surface area contributed by atoms with Crippen LogP contribution < -0.4 is 5.32 Å². The van der Waals surface area contributed by atoms with Crippen LogP contribution in [0.1, 0.15) is 17.0 Å². The summed E-state index contributed by atoms with van der Waals surface area (Å²) >= 11 is 0. The molecular weight excluding hydrogens is 200 g/mol. The predicted molar refractivity (Wildman–Crippen MR) is 62.7 cm³/mol. The number of benzene rings is 1. The monoisotopic (exact) mass is 216 g/mol. The molecule has 16 heavy (non-hydrogen) atoms. The summed E-state index contributed by atoms with van der Waals surface area (Å²) in [6.45, 7) is 3.73. The van der Waals surface area contributed by atoms with Gasteiger partial charge in [-0.05, 0) is 18.1 Å². The van der Waals surface area contributed by atoms with Crippen LogP contribution in [0.5, 0.6) is 0 Å². The molecular formula is C12H16N4. The molecule has 0 bridgehead atoms. The fourth-order valence-corrected chi connectivity index (χ4v) is 1.60. The van der Waals surface area contributed by atoms with Crippen LogP contribution >= 0.6 is 0 Å². The number of aryl methyl sites for hydroxylation is 2. The molecule has 84 valence electrons. The number of hydrogen-bond donors (Lipinski definition) is 1. The third-order valence-electron chi connectivity index (χ3n) is 2.66. The summed E-state index contributed by atoms with van der Waals surface area (Å²) < 4.78 is 1.78. The molecule has 1 aromatic heterocycles. The van der Waals surface area contributed by atoms with E-state index < -0.39 is 0 Å². The summed E-state index contributed by atoms with van der Waals surface area (Å²) in [5.41, 5.74) is 2.64. The van der Waals surface area contributed by atoms with Crippen LogP contribution in [0.3, 0.4) is 0 Å². The number of hydrogen-bond acceptors (Lipinski definition) is 3. The molecule has 2 aromatic rings. The fraction of sp³-hybridized carbons (Fsp3) is 0.333. The highest BCUT2D eigenvalue weighted by molar-refractivity contribution is 5.25. The summed E-state index contributed by atoms with van der Waals surface area (Å²) in [7, 11) is 1.90. The first-order chi connectivity index (χ1) is 7.77. The number of nitrogens with zero attached hydrogens (tertiary/aromatic N) is 3. The molecule has 0 aliphatic rings. The van der Waals surface area contributed by atoms with E-state index in [4.69, 9.17) is 0 Å². The van der Waals surface area contributed by atoms with E-state index >= 15 is 0 Å². The van der Waals surface area contributed by atoms with Crippen molar-refractivity contribution in [1.82, 2.24) is 20.1 Å². The zero-order valence-corrected chi connectivity index (χ0v) is 9.64. The molecule has 0 saturated heterocycles. The Hall–Kier alpha value is -1.68. The first-order valence-corrected chi connectivity index (χ1v) is 5.35. The van der Waals surface area contributed by atoms with E-state index in [1.807, 2.05) is 7.05 Å². The summed E-state index contributed by atoms with van der Waals surface area (Å²) in [5, 5.41) is 7.39. The van der Waals surface area contributed by atoms with Crippen molar-refractivity contribution in [3.05, 3.63) is 47.5 Å². The molecule has 0 aliphatic carbocycles. The lowest BCUT2D eigenvalue weighted by Crippen LogP contribution is -2.16. The van der Waals surface area contributed by atoms with Gasteiger partial charge in [0.15, 0.2) is 0 Å². The Bertz CT molecular complexity index is 462. The lowest BCUT2D eigenvalue weighted by molar-refractivity contribution is 0.613. The Morgan fingerprint density at radius 1 is 1.25 bits per heavy atom. The van der Waals surface area contributed by atoms with Crippen molar-refractivity contribution in [2.45, 2.75) is 20.0 Å². The van der Waals surface area contributed by atoms with Crippen LogP contribution in [0.2, 0.25) is 0 Å². The van der Waals surface area contributed by atoms with Crippen LogP contribution in [-0.2, 0) is 20.1 Å². The van der Waals surface area contributed by atoms with Crippen molar-refractivity contribution in [2.75, 3.05) is 0 Å². The van der Waals surface area contributed by atoms with Crippen molar-refractivity contribution in [3.63, 3.8) is 0 Å². The second-order valence-electron chi connectivity index (χ2n) is 3.83. The van der Waals surface area contributed by atoms with Crippen LogP contribution in [-0.4, -0.2) is 14.8 Å². The lowest BCUT2D eigenvalue weighted by Gasteiger charge is -2.06. The minimum absolute atomic E-state index is 0.741. The zero-order valence-electron chi connectivity index (χ0n) is 9.64. The largest absolute Gasteiger partial charge is 0.306 e. The molecule has 4 nitrogen and oxygen atoms in total. The molecule has 0 amide bonds. The van der Waals surface area contributed by atoms with Gasteiger partial charge in [0.05, 0.1) is 6.54 Å². The fourth-order valence-electron chi connectivity index (χ4n) is 1.60. The molecule has 0 radical (unpaired) electrons. The quantitative estimate of drug-likeness (QED) is 0.840. The third kappa shape index (κ3) is 2.46. The van der Waals surface area contributed by atoms with Crippen molar-refractivity contribution in [2.24, 2.45) is 7.05 Å². The third-order valence-corrected chi connectivity index (χ3v) is 2.66. The Morgan fingerprint density at radius 3 is 2.75 bits per heavy atom. The van der Waals surface area contributed by atoms with E-state index in [-0.39, 0.29) is 0 Å². The number of nitrogens with one attached hydrogen (secondary N) is 1. The van der Waals surface area contributed by atoms with Gasteiger partial charge in [-0.25, -0.2) is 4.98 Å².